The van der Waals surface area contributed by atoms with E-state index in [1.165, 1.54) is 435 Å². The highest BCUT2D eigenvalue weighted by atomic mass is 15.3. The summed E-state index contributed by atoms with van der Waals surface area (Å²) in [5.41, 5.74) is 0. The maximum absolute atomic E-state index is 2.34. The maximum atomic E-state index is 2.34. The summed E-state index contributed by atoms with van der Waals surface area (Å²) in [4.78, 5) is 0. The van der Waals surface area contributed by atoms with Crippen molar-refractivity contribution in [2.75, 3.05) is 26.2 Å². The van der Waals surface area contributed by atoms with Crippen LogP contribution in [0.5, 0.6) is 0 Å². The van der Waals surface area contributed by atoms with E-state index >= 15 is 0 Å². The quantitative estimate of drug-likeness (QED) is 0.0421. The van der Waals surface area contributed by atoms with Crippen LogP contribution in [0.3, 0.4) is 0 Å². The lowest BCUT2D eigenvalue weighted by atomic mass is 10.0. The maximum Gasteiger partial charge on any atom is 0.0786 e. The second kappa shape index (κ2) is 65.2. The first-order chi connectivity index (χ1) is 35.7. The lowest BCUT2D eigenvalue weighted by Gasteiger charge is -2.40. The van der Waals surface area contributed by atoms with Crippen molar-refractivity contribution in [3.05, 3.63) is 0 Å². The normalized spacial score (nSPS) is 12.0. The molecule has 0 radical (unpaired) electrons. The molecule has 0 aromatic heterocycles. The first kappa shape index (κ1) is 72.0. The van der Waals surface area contributed by atoms with Gasteiger partial charge in [0.15, 0.2) is 0 Å². The zero-order valence-electron chi connectivity index (χ0n) is 51.8. The van der Waals surface area contributed by atoms with Crippen molar-refractivity contribution >= 4 is 0 Å². The summed E-state index contributed by atoms with van der Waals surface area (Å²) in [6, 6.07) is 0. The topological polar surface area (TPSA) is 0 Å². The molecule has 434 valence electrons. The van der Waals surface area contributed by atoms with Crippen LogP contribution in [0.2, 0.25) is 0 Å². The third-order valence-corrected chi connectivity index (χ3v) is 17.7. The zero-order chi connectivity index (χ0) is 51.9. The highest BCUT2D eigenvalue weighted by Crippen LogP contribution is 2.23. The van der Waals surface area contributed by atoms with Crippen molar-refractivity contribution in [2.45, 2.75) is 432 Å². The fraction of sp³-hybridized carbons (Fsp3) is 1.00. The molecule has 0 aliphatic heterocycles. The van der Waals surface area contributed by atoms with E-state index < -0.39 is 0 Å². The molecule has 72 heavy (non-hydrogen) atoms. The fourth-order valence-corrected chi connectivity index (χ4v) is 12.5. The van der Waals surface area contributed by atoms with Crippen molar-refractivity contribution in [2.24, 2.45) is 0 Å². The predicted molar refractivity (Wildman–Crippen MR) is 333 cm³/mol. The third kappa shape index (κ3) is 59.2. The Morgan fingerprint density at radius 3 is 0.292 bits per heavy atom. The molecule has 0 N–H and O–H groups in total. The van der Waals surface area contributed by atoms with Gasteiger partial charge in [-0.25, -0.2) is 0 Å². The van der Waals surface area contributed by atoms with Crippen LogP contribution in [0.4, 0.5) is 0 Å². The van der Waals surface area contributed by atoms with Crippen molar-refractivity contribution in [3.63, 3.8) is 0 Å². The molecular weight excluding hydrogens is 867 g/mol. The summed E-state index contributed by atoms with van der Waals surface area (Å²) in [7, 11) is 0. The Labute approximate surface area is 460 Å². The Bertz CT molecular complexity index is 816. The summed E-state index contributed by atoms with van der Waals surface area (Å²) >= 11 is 0. The lowest BCUT2D eigenvalue weighted by molar-refractivity contribution is -0.929. The summed E-state index contributed by atoms with van der Waals surface area (Å²) in [6.45, 7) is 15.3. The number of nitrogens with zero attached hydrogens (tertiary/aromatic N) is 1. The van der Waals surface area contributed by atoms with Gasteiger partial charge in [-0.1, -0.05) is 381 Å². The van der Waals surface area contributed by atoms with Gasteiger partial charge in [0.25, 0.3) is 0 Å². The molecule has 0 saturated heterocycles. The Balaban J connectivity index is 4.91. The molecule has 0 amide bonds. The molecule has 0 aromatic rings. The Morgan fingerprint density at radius 1 is 0.111 bits per heavy atom. The van der Waals surface area contributed by atoms with E-state index in [0.717, 1.165) is 0 Å². The highest BCUT2D eigenvalue weighted by Gasteiger charge is 2.26. The Hall–Kier alpha value is -0.0400. The average molecular weight is 1010 g/mol. The number of quaternary nitrogens is 1. The molecule has 0 bridgehead atoms. The molecule has 1 heteroatoms. The summed E-state index contributed by atoms with van der Waals surface area (Å²) < 4.78 is 1.49. The van der Waals surface area contributed by atoms with Gasteiger partial charge < -0.3 is 4.48 Å². The van der Waals surface area contributed by atoms with Gasteiger partial charge in [-0.15, -0.1) is 0 Å². The van der Waals surface area contributed by atoms with Crippen LogP contribution < -0.4 is 0 Å². The minimum atomic E-state index is 1.37. The van der Waals surface area contributed by atoms with Crippen molar-refractivity contribution in [3.8, 4) is 0 Å². The zero-order valence-corrected chi connectivity index (χ0v) is 51.8. The number of unbranched alkanes of at least 4 members (excludes halogenated alkanes) is 59. The minimum Gasteiger partial charge on any atom is -0.324 e. The SMILES string of the molecule is CCCCCCCCCCCCCCCCCCC[N+](CCCCCCCCCCCCCC)(CCCCCCCCCCCCCCCCCCC)CCCCCCCCCCCCCCCCCCC. The van der Waals surface area contributed by atoms with Gasteiger partial charge in [-0.05, 0) is 51.4 Å². The summed E-state index contributed by atoms with van der Waals surface area (Å²) in [5.74, 6) is 0. The van der Waals surface area contributed by atoms with Gasteiger partial charge in [0.2, 0.25) is 0 Å². The van der Waals surface area contributed by atoms with Gasteiger partial charge in [0.05, 0.1) is 26.2 Å². The molecule has 0 saturated carbocycles. The summed E-state index contributed by atoms with van der Waals surface area (Å²) in [5, 5.41) is 0. The first-order valence-corrected chi connectivity index (χ1v) is 35.6. The second-order valence-corrected chi connectivity index (χ2v) is 25.1. The molecule has 0 fully saturated rings. The molecule has 0 aliphatic rings. The van der Waals surface area contributed by atoms with E-state index in [2.05, 4.69) is 27.7 Å². The van der Waals surface area contributed by atoms with E-state index in [4.69, 9.17) is 0 Å². The predicted octanol–water partition coefficient (Wildman–Crippen LogP) is 26.5. The van der Waals surface area contributed by atoms with E-state index in [9.17, 15) is 0 Å². The van der Waals surface area contributed by atoms with Crippen LogP contribution in [-0.2, 0) is 0 Å². The standard InChI is InChI=1S/C71H146N/c1-5-9-13-17-21-25-29-33-36-39-42-45-49-53-57-61-65-69-72(68-64-60-56-52-48-32-28-24-20-16-12-8-4,70-66-62-58-54-50-46-43-40-37-34-30-26-22-18-14-10-6-2)71-67-63-59-55-51-47-44-41-38-35-31-27-23-19-15-11-7-3/h5-71H2,1-4H3/q+1. The van der Waals surface area contributed by atoms with Gasteiger partial charge >= 0.3 is 0 Å². The van der Waals surface area contributed by atoms with Crippen molar-refractivity contribution < 1.29 is 4.48 Å². The first-order valence-electron chi connectivity index (χ1n) is 35.6. The number of rotatable bonds is 67. The van der Waals surface area contributed by atoms with Crippen LogP contribution >= 0.6 is 0 Å². The van der Waals surface area contributed by atoms with E-state index in [-0.39, 0.29) is 0 Å². The monoisotopic (exact) mass is 1010 g/mol. The molecule has 0 atom stereocenters. The minimum absolute atomic E-state index is 1.37. The average Bonchev–Trinajstić information content (AvgIpc) is 3.39. The number of hydrogen-bond donors (Lipinski definition) is 0. The fourth-order valence-electron chi connectivity index (χ4n) is 12.5. The van der Waals surface area contributed by atoms with Crippen LogP contribution in [0, 0.1) is 0 Å². The van der Waals surface area contributed by atoms with Crippen LogP contribution in [0.15, 0.2) is 0 Å². The lowest BCUT2D eigenvalue weighted by Crippen LogP contribution is -2.50. The molecule has 0 aliphatic carbocycles. The molecule has 1 nitrogen and oxygen atoms in total. The second-order valence-electron chi connectivity index (χ2n) is 25.1. The van der Waals surface area contributed by atoms with E-state index in [0.29, 0.717) is 0 Å². The van der Waals surface area contributed by atoms with Crippen LogP contribution in [-0.4, -0.2) is 30.7 Å². The molecule has 0 spiro atoms. The summed E-state index contributed by atoms with van der Waals surface area (Å²) in [6.07, 6.45) is 93.2. The van der Waals surface area contributed by atoms with Crippen LogP contribution in [0.25, 0.3) is 0 Å². The Morgan fingerprint density at radius 2 is 0.194 bits per heavy atom. The van der Waals surface area contributed by atoms with Crippen molar-refractivity contribution in [1.82, 2.24) is 0 Å². The molecule has 0 heterocycles. The molecular formula is C71H146N+. The largest absolute Gasteiger partial charge is 0.324 e. The third-order valence-electron chi connectivity index (χ3n) is 17.7. The number of hydrogen-bond acceptors (Lipinski definition) is 0. The Kier molecular flexibility index (Phi) is 65.2. The molecule has 0 aromatic carbocycles. The van der Waals surface area contributed by atoms with Gasteiger partial charge in [-0.3, -0.25) is 0 Å². The highest BCUT2D eigenvalue weighted by molar-refractivity contribution is 4.58. The van der Waals surface area contributed by atoms with Gasteiger partial charge in [-0.2, -0.15) is 0 Å². The van der Waals surface area contributed by atoms with Crippen molar-refractivity contribution in [1.29, 1.82) is 0 Å². The van der Waals surface area contributed by atoms with E-state index in [1.54, 1.807) is 0 Å². The van der Waals surface area contributed by atoms with E-state index in [1.807, 2.05) is 0 Å². The molecule has 0 unspecified atom stereocenters. The smallest absolute Gasteiger partial charge is 0.0786 e. The van der Waals surface area contributed by atoms with Gasteiger partial charge in [0, 0.05) is 0 Å². The van der Waals surface area contributed by atoms with Crippen LogP contribution in [0.1, 0.15) is 432 Å². The molecule has 0 rings (SSSR count). The van der Waals surface area contributed by atoms with Gasteiger partial charge in [0.1, 0.15) is 0 Å².